The summed E-state index contributed by atoms with van der Waals surface area (Å²) < 4.78 is 7.09. The molecule has 0 spiro atoms. The van der Waals surface area contributed by atoms with Gasteiger partial charge in [-0.2, -0.15) is 5.26 Å². The summed E-state index contributed by atoms with van der Waals surface area (Å²) in [5, 5.41) is 16.5. The van der Waals surface area contributed by atoms with Crippen LogP contribution in [0.2, 0.25) is 13.1 Å². The Kier molecular flexibility index (Phi) is 7.04. The number of para-hydroxylation sites is 1. The van der Waals surface area contributed by atoms with E-state index in [0.29, 0.717) is 16.4 Å². The number of benzene rings is 2. The van der Waals surface area contributed by atoms with Crippen LogP contribution in [-0.4, -0.2) is 14.2 Å². The SMILES string of the molecule is C[SiH](C)Oc1c(C#N)ccc(NC(=S)Nc2ccccc2Br)c1C(C)(C)C. The van der Waals surface area contributed by atoms with Crippen molar-refractivity contribution in [3.05, 3.63) is 52.0 Å². The molecule has 4 nitrogen and oxygen atoms in total. The lowest BCUT2D eigenvalue weighted by molar-refractivity contribution is 0.521. The molecule has 0 saturated heterocycles. The van der Waals surface area contributed by atoms with Crippen LogP contribution >= 0.6 is 28.1 Å². The predicted molar refractivity (Wildman–Crippen MR) is 123 cm³/mol. The van der Waals surface area contributed by atoms with Gasteiger partial charge in [0.15, 0.2) is 5.11 Å². The van der Waals surface area contributed by atoms with E-state index in [0.717, 1.165) is 21.4 Å². The average Bonchev–Trinajstić information content (AvgIpc) is 2.55. The molecule has 0 amide bonds. The number of nitriles is 1. The van der Waals surface area contributed by atoms with Gasteiger partial charge >= 0.3 is 0 Å². The Balaban J connectivity index is 2.43. The number of hydrogen-bond donors (Lipinski definition) is 2. The molecule has 0 saturated carbocycles. The molecular weight excluding hydrogens is 438 g/mol. The number of nitrogens with zero attached hydrogens (tertiary/aromatic N) is 1. The van der Waals surface area contributed by atoms with Crippen molar-refractivity contribution in [3.8, 4) is 11.8 Å². The lowest BCUT2D eigenvalue weighted by Crippen LogP contribution is -2.25. The van der Waals surface area contributed by atoms with Gasteiger partial charge in [0.25, 0.3) is 0 Å². The van der Waals surface area contributed by atoms with Gasteiger partial charge in [0, 0.05) is 15.7 Å². The van der Waals surface area contributed by atoms with Crippen molar-refractivity contribution in [2.24, 2.45) is 0 Å². The zero-order valence-corrected chi connectivity index (χ0v) is 19.7. The maximum atomic E-state index is 9.54. The monoisotopic (exact) mass is 461 g/mol. The van der Waals surface area contributed by atoms with Crippen molar-refractivity contribution in [2.45, 2.75) is 39.3 Å². The third-order valence-corrected chi connectivity index (χ3v) is 5.35. The number of anilines is 2. The molecule has 0 aliphatic carbocycles. The Labute approximate surface area is 176 Å². The molecule has 0 aromatic heterocycles. The molecule has 27 heavy (non-hydrogen) atoms. The fraction of sp³-hybridized carbons (Fsp3) is 0.300. The predicted octanol–water partition coefficient (Wildman–Crippen LogP) is 5.79. The van der Waals surface area contributed by atoms with Gasteiger partial charge < -0.3 is 15.1 Å². The van der Waals surface area contributed by atoms with E-state index < -0.39 is 9.04 Å². The molecule has 142 valence electrons. The Bertz CT molecular complexity index is 888. The summed E-state index contributed by atoms with van der Waals surface area (Å²) in [6.07, 6.45) is 0. The van der Waals surface area contributed by atoms with Gasteiger partial charge in [-0.3, -0.25) is 0 Å². The Morgan fingerprint density at radius 1 is 1.11 bits per heavy atom. The molecule has 0 fully saturated rings. The van der Waals surface area contributed by atoms with Gasteiger partial charge in [0.1, 0.15) is 11.8 Å². The van der Waals surface area contributed by atoms with E-state index >= 15 is 0 Å². The quantitative estimate of drug-likeness (QED) is 0.445. The van der Waals surface area contributed by atoms with Crippen molar-refractivity contribution in [2.75, 3.05) is 10.6 Å². The summed E-state index contributed by atoms with van der Waals surface area (Å²) in [5.74, 6) is 0.667. The van der Waals surface area contributed by atoms with Crippen LogP contribution in [0, 0.1) is 11.3 Å². The van der Waals surface area contributed by atoms with E-state index in [9.17, 15) is 5.26 Å². The first kappa shape index (κ1) is 21.4. The minimum absolute atomic E-state index is 0.225. The van der Waals surface area contributed by atoms with E-state index in [1.54, 1.807) is 6.07 Å². The van der Waals surface area contributed by atoms with Crippen LogP contribution in [-0.2, 0) is 5.41 Å². The molecule has 0 unspecified atom stereocenters. The second-order valence-electron chi connectivity index (χ2n) is 7.45. The number of hydrogen-bond acceptors (Lipinski definition) is 3. The highest BCUT2D eigenvalue weighted by Crippen LogP contribution is 2.40. The maximum absolute atomic E-state index is 9.54. The minimum Gasteiger partial charge on any atom is -0.546 e. The smallest absolute Gasteiger partial charge is 0.229 e. The molecule has 2 rings (SSSR count). The van der Waals surface area contributed by atoms with Gasteiger partial charge in [-0.05, 0) is 70.9 Å². The van der Waals surface area contributed by atoms with E-state index in [2.05, 4.69) is 66.5 Å². The molecule has 0 aliphatic rings. The van der Waals surface area contributed by atoms with Gasteiger partial charge in [-0.1, -0.05) is 32.9 Å². The summed E-state index contributed by atoms with van der Waals surface area (Å²) in [5.41, 5.74) is 3.01. The highest BCUT2D eigenvalue weighted by atomic mass is 79.9. The molecule has 0 radical (unpaired) electrons. The highest BCUT2D eigenvalue weighted by Gasteiger charge is 2.26. The first-order valence-corrected chi connectivity index (χ1v) is 12.7. The van der Waals surface area contributed by atoms with Crippen LogP contribution in [0.5, 0.6) is 5.75 Å². The lowest BCUT2D eigenvalue weighted by atomic mass is 9.84. The first-order valence-electron chi connectivity index (χ1n) is 8.70. The number of rotatable bonds is 4. The second kappa shape index (κ2) is 8.87. The summed E-state index contributed by atoms with van der Waals surface area (Å²) in [6, 6.07) is 13.7. The standard InChI is InChI=1S/C20H24BrN3OSSi/c1-20(2,3)17-16(11-10-13(12-22)18(17)25-27(4)5)24-19(26)23-15-9-7-6-8-14(15)21/h6-11,27H,1-5H3,(H2,23,24,26). The van der Waals surface area contributed by atoms with Gasteiger partial charge in [-0.15, -0.1) is 0 Å². The molecule has 2 aromatic rings. The first-order chi connectivity index (χ1) is 12.6. The van der Waals surface area contributed by atoms with Crippen molar-refractivity contribution >= 4 is 53.7 Å². The molecule has 2 N–H and O–H groups in total. The summed E-state index contributed by atoms with van der Waals surface area (Å²) in [6.45, 7) is 10.5. The van der Waals surface area contributed by atoms with Gasteiger partial charge in [0.05, 0.1) is 11.3 Å². The Morgan fingerprint density at radius 3 is 2.30 bits per heavy atom. The van der Waals surface area contributed by atoms with Crippen LogP contribution in [0.25, 0.3) is 0 Å². The molecule has 0 aliphatic heterocycles. The van der Waals surface area contributed by atoms with Gasteiger partial charge in [0.2, 0.25) is 9.04 Å². The molecule has 0 bridgehead atoms. The van der Waals surface area contributed by atoms with Crippen LogP contribution in [0.1, 0.15) is 31.9 Å². The van der Waals surface area contributed by atoms with E-state index in [4.69, 9.17) is 16.6 Å². The van der Waals surface area contributed by atoms with Crippen molar-refractivity contribution in [1.82, 2.24) is 0 Å². The summed E-state index contributed by atoms with van der Waals surface area (Å²) in [4.78, 5) is 0. The largest absolute Gasteiger partial charge is 0.546 e. The Morgan fingerprint density at radius 2 is 1.74 bits per heavy atom. The highest BCUT2D eigenvalue weighted by molar-refractivity contribution is 9.10. The van der Waals surface area contributed by atoms with Crippen LogP contribution < -0.4 is 15.1 Å². The van der Waals surface area contributed by atoms with Crippen molar-refractivity contribution in [1.29, 1.82) is 5.26 Å². The van der Waals surface area contributed by atoms with E-state index in [1.807, 2.05) is 30.3 Å². The third-order valence-electron chi connectivity index (χ3n) is 3.75. The van der Waals surface area contributed by atoms with Crippen LogP contribution in [0.15, 0.2) is 40.9 Å². The van der Waals surface area contributed by atoms with E-state index in [-0.39, 0.29) is 5.41 Å². The normalized spacial score (nSPS) is 11.0. The maximum Gasteiger partial charge on any atom is 0.229 e. The number of halogens is 1. The zero-order valence-electron chi connectivity index (χ0n) is 16.2. The second-order valence-corrected chi connectivity index (χ2v) is 11.0. The summed E-state index contributed by atoms with van der Waals surface area (Å²) >= 11 is 9.02. The molecular formula is C20H24BrN3OSSi. The average molecular weight is 462 g/mol. The topological polar surface area (TPSA) is 57.1 Å². The third kappa shape index (κ3) is 5.55. The summed E-state index contributed by atoms with van der Waals surface area (Å²) in [7, 11) is -1.39. The van der Waals surface area contributed by atoms with Crippen LogP contribution in [0.4, 0.5) is 11.4 Å². The molecule has 0 atom stereocenters. The number of nitrogens with one attached hydrogen (secondary N) is 2. The fourth-order valence-corrected chi connectivity index (χ4v) is 4.04. The Hall–Kier alpha value is -1.88. The van der Waals surface area contributed by atoms with E-state index in [1.165, 1.54) is 0 Å². The molecule has 0 heterocycles. The molecule has 7 heteroatoms. The molecule has 2 aromatic carbocycles. The minimum atomic E-state index is -1.39. The lowest BCUT2D eigenvalue weighted by Gasteiger charge is -2.28. The van der Waals surface area contributed by atoms with Crippen LogP contribution in [0.3, 0.4) is 0 Å². The zero-order chi connectivity index (χ0) is 20.2. The van der Waals surface area contributed by atoms with Crippen molar-refractivity contribution in [3.63, 3.8) is 0 Å². The fourth-order valence-electron chi connectivity index (χ4n) is 2.72. The number of thiocarbonyl (C=S) groups is 1. The van der Waals surface area contributed by atoms with Gasteiger partial charge in [-0.25, -0.2) is 0 Å². The van der Waals surface area contributed by atoms with Crippen molar-refractivity contribution < 1.29 is 4.43 Å².